The van der Waals surface area contributed by atoms with Crippen LogP contribution in [-0.2, 0) is 0 Å². The minimum Gasteiger partial charge on any atom is -0.363 e. The van der Waals surface area contributed by atoms with Gasteiger partial charge in [0.2, 0.25) is 0 Å². The predicted octanol–water partition coefficient (Wildman–Crippen LogP) is 4.40. The molecule has 0 aromatic carbocycles. The predicted molar refractivity (Wildman–Crippen MR) is 92.8 cm³/mol. The average Bonchev–Trinajstić information content (AvgIpc) is 3.32. The smallest absolute Gasteiger partial charge is 0.148 e. The second-order valence-electron chi connectivity index (χ2n) is 5.08. The Morgan fingerprint density at radius 1 is 0.870 bits per heavy atom. The van der Waals surface area contributed by atoms with Crippen molar-refractivity contribution < 1.29 is 0 Å². The van der Waals surface area contributed by atoms with Crippen molar-refractivity contribution in [1.82, 2.24) is 0 Å². The third-order valence-electron chi connectivity index (χ3n) is 3.69. The number of anilines is 1. The Bertz CT molecular complexity index is 861. The lowest BCUT2D eigenvalue weighted by Crippen LogP contribution is -2.15. The fourth-order valence-electron chi connectivity index (χ4n) is 2.54. The molecule has 1 fully saturated rings. The summed E-state index contributed by atoms with van der Waals surface area (Å²) in [5.41, 5.74) is 0.0207. The Balaban J connectivity index is 1.91. The van der Waals surface area contributed by atoms with Gasteiger partial charge in [0, 0.05) is 27.7 Å². The van der Waals surface area contributed by atoms with Crippen molar-refractivity contribution in [1.29, 1.82) is 15.8 Å². The quantitative estimate of drug-likeness (QED) is 0.779. The molecule has 1 saturated heterocycles. The summed E-state index contributed by atoms with van der Waals surface area (Å²) in [6, 6.07) is 13.5. The molecule has 6 heteroatoms. The van der Waals surface area contributed by atoms with Crippen LogP contribution in [-0.4, -0.2) is 13.1 Å². The van der Waals surface area contributed by atoms with Gasteiger partial charge in [-0.15, -0.1) is 22.7 Å². The van der Waals surface area contributed by atoms with E-state index in [0.717, 1.165) is 22.8 Å². The van der Waals surface area contributed by atoms with Crippen LogP contribution in [0.25, 0.3) is 15.3 Å². The van der Waals surface area contributed by atoms with Crippen molar-refractivity contribution >= 4 is 33.2 Å². The van der Waals surface area contributed by atoms with Crippen LogP contribution in [0.5, 0.6) is 0 Å². The molecular weight excluding hydrogens is 324 g/mol. The van der Waals surface area contributed by atoms with Gasteiger partial charge in [-0.3, -0.25) is 0 Å². The van der Waals surface area contributed by atoms with Gasteiger partial charge in [0.15, 0.2) is 0 Å². The summed E-state index contributed by atoms with van der Waals surface area (Å²) in [7, 11) is 0. The summed E-state index contributed by atoms with van der Waals surface area (Å²) in [4.78, 5) is 5.26. The minimum atomic E-state index is -0.134. The van der Waals surface area contributed by atoms with E-state index in [4.69, 9.17) is 10.5 Å². The Hall–Kier alpha value is -2.59. The second-order valence-corrected chi connectivity index (χ2v) is 7.23. The monoisotopic (exact) mass is 336 g/mol. The zero-order valence-corrected chi connectivity index (χ0v) is 13.9. The topological polar surface area (TPSA) is 74.6 Å². The van der Waals surface area contributed by atoms with Gasteiger partial charge in [-0.1, -0.05) is 0 Å². The maximum atomic E-state index is 9.23. The molecule has 3 heterocycles. The molecule has 0 radical (unpaired) electrons. The van der Waals surface area contributed by atoms with Gasteiger partial charge in [0.25, 0.3) is 0 Å². The van der Waals surface area contributed by atoms with Gasteiger partial charge >= 0.3 is 0 Å². The first kappa shape index (κ1) is 15.3. The Labute approximate surface area is 142 Å². The van der Waals surface area contributed by atoms with Crippen LogP contribution in [0, 0.1) is 34.0 Å². The summed E-state index contributed by atoms with van der Waals surface area (Å²) in [6.45, 7) is 2.23. The molecule has 0 N–H and O–H groups in total. The summed E-state index contributed by atoms with van der Waals surface area (Å²) >= 11 is 3.19. The highest BCUT2D eigenvalue weighted by Crippen LogP contribution is 2.39. The fraction of sp³-hybridized carbons (Fsp3) is 0.235. The Morgan fingerprint density at radius 2 is 1.52 bits per heavy atom. The summed E-state index contributed by atoms with van der Waals surface area (Å²) in [6.07, 6.45) is 2.50. The van der Waals surface area contributed by atoms with Gasteiger partial charge in [-0.05, 0) is 37.1 Å². The van der Waals surface area contributed by atoms with Gasteiger partial charge in [-0.2, -0.15) is 15.8 Å². The zero-order valence-electron chi connectivity index (χ0n) is 12.2. The Kier molecular flexibility index (Phi) is 4.44. The molecule has 0 unspecified atom stereocenters. The summed E-state index contributed by atoms with van der Waals surface area (Å²) in [5.74, 6) is 0. The van der Waals surface area contributed by atoms with Crippen molar-refractivity contribution in [3.63, 3.8) is 0 Å². The van der Waals surface area contributed by atoms with Gasteiger partial charge in [0.05, 0.1) is 10.6 Å². The van der Waals surface area contributed by atoms with Crippen LogP contribution in [0.15, 0.2) is 29.8 Å². The maximum Gasteiger partial charge on any atom is 0.148 e. The van der Waals surface area contributed by atoms with Gasteiger partial charge in [0.1, 0.15) is 23.8 Å². The molecule has 0 amide bonds. The first-order chi connectivity index (χ1) is 11.3. The van der Waals surface area contributed by atoms with Crippen LogP contribution in [0.1, 0.15) is 17.7 Å². The van der Waals surface area contributed by atoms with Crippen LogP contribution in [0.2, 0.25) is 0 Å². The number of allylic oxidation sites excluding steroid dienone is 2. The molecule has 2 aromatic rings. The molecule has 0 bridgehead atoms. The lowest BCUT2D eigenvalue weighted by molar-refractivity contribution is 0.949. The number of nitrogens with zero attached hydrogens (tertiary/aromatic N) is 4. The fourth-order valence-corrected chi connectivity index (χ4v) is 4.70. The molecular formula is C17H12N4S2. The normalized spacial score (nSPS) is 13.2. The van der Waals surface area contributed by atoms with Crippen LogP contribution in [0.4, 0.5) is 5.00 Å². The highest BCUT2D eigenvalue weighted by molar-refractivity contribution is 7.24. The number of hydrogen-bond acceptors (Lipinski definition) is 6. The van der Waals surface area contributed by atoms with Crippen molar-refractivity contribution in [2.45, 2.75) is 12.8 Å². The highest BCUT2D eigenvalue weighted by atomic mass is 32.1. The van der Waals surface area contributed by atoms with Crippen LogP contribution >= 0.6 is 22.7 Å². The molecule has 0 saturated carbocycles. The third kappa shape index (κ3) is 2.98. The molecule has 4 nitrogen and oxygen atoms in total. The van der Waals surface area contributed by atoms with Crippen LogP contribution in [0.3, 0.4) is 0 Å². The Morgan fingerprint density at radius 3 is 2.17 bits per heavy atom. The first-order valence-corrected chi connectivity index (χ1v) is 8.80. The summed E-state index contributed by atoms with van der Waals surface area (Å²) < 4.78 is 0. The minimum absolute atomic E-state index is 0.134. The standard InChI is InChI=1S/C17H12N4S2/c18-9-12(10-19)13(11-20)14-3-4-15(22-14)16-5-6-17(23-16)21-7-1-2-8-21/h3-6H,1-2,7-8H2. The molecule has 112 valence electrons. The molecule has 23 heavy (non-hydrogen) atoms. The molecule has 0 atom stereocenters. The van der Waals surface area contributed by atoms with E-state index in [0.29, 0.717) is 4.88 Å². The van der Waals surface area contributed by atoms with E-state index in [1.54, 1.807) is 23.5 Å². The number of thiophene rings is 2. The van der Waals surface area contributed by atoms with Crippen molar-refractivity contribution in [2.75, 3.05) is 18.0 Å². The van der Waals surface area contributed by atoms with E-state index in [1.807, 2.05) is 18.2 Å². The highest BCUT2D eigenvalue weighted by Gasteiger charge is 2.16. The average molecular weight is 336 g/mol. The van der Waals surface area contributed by atoms with Crippen LogP contribution < -0.4 is 4.90 Å². The van der Waals surface area contributed by atoms with Gasteiger partial charge in [-0.25, -0.2) is 0 Å². The molecule has 1 aliphatic heterocycles. The molecule has 2 aromatic heterocycles. The van der Waals surface area contributed by atoms with Crippen molar-refractivity contribution in [3.8, 4) is 28.0 Å². The largest absolute Gasteiger partial charge is 0.363 e. The van der Waals surface area contributed by atoms with E-state index in [-0.39, 0.29) is 11.1 Å². The lowest BCUT2D eigenvalue weighted by atomic mass is 10.1. The van der Waals surface area contributed by atoms with E-state index in [1.165, 1.54) is 29.2 Å². The number of nitriles is 3. The SMILES string of the molecule is N#CC(C#N)=C(C#N)c1ccc(-c2ccc(N3CCCC3)s2)s1. The molecule has 3 rings (SSSR count). The molecule has 0 aliphatic carbocycles. The van der Waals surface area contributed by atoms with E-state index in [2.05, 4.69) is 17.0 Å². The van der Waals surface area contributed by atoms with Crippen molar-refractivity contribution in [2.24, 2.45) is 0 Å². The maximum absolute atomic E-state index is 9.23. The first-order valence-electron chi connectivity index (χ1n) is 7.16. The van der Waals surface area contributed by atoms with E-state index >= 15 is 0 Å². The zero-order chi connectivity index (χ0) is 16.2. The second kappa shape index (κ2) is 6.67. The van der Waals surface area contributed by atoms with Gasteiger partial charge < -0.3 is 4.90 Å². The molecule has 0 spiro atoms. The number of rotatable bonds is 3. The van der Waals surface area contributed by atoms with Crippen molar-refractivity contribution in [3.05, 3.63) is 34.7 Å². The third-order valence-corrected chi connectivity index (χ3v) is 6.13. The summed E-state index contributed by atoms with van der Waals surface area (Å²) in [5, 5.41) is 28.4. The molecule has 1 aliphatic rings. The lowest BCUT2D eigenvalue weighted by Gasteiger charge is -2.13. The van der Waals surface area contributed by atoms with E-state index in [9.17, 15) is 5.26 Å². The van der Waals surface area contributed by atoms with E-state index < -0.39 is 0 Å². The number of hydrogen-bond donors (Lipinski definition) is 0.